The molecule has 0 radical (unpaired) electrons. The third-order valence-corrected chi connectivity index (χ3v) is 3.92. The van der Waals surface area contributed by atoms with Gasteiger partial charge in [0, 0.05) is 18.4 Å². The van der Waals surface area contributed by atoms with Gasteiger partial charge in [-0.25, -0.2) is 0 Å². The lowest BCUT2D eigenvalue weighted by atomic mass is 9.77. The molecule has 0 bridgehead atoms. The van der Waals surface area contributed by atoms with Crippen LogP contribution in [0.4, 0.5) is 0 Å². The fourth-order valence-electron chi connectivity index (χ4n) is 2.41. The van der Waals surface area contributed by atoms with Crippen molar-refractivity contribution >= 4 is 11.6 Å². The molecule has 0 amide bonds. The van der Waals surface area contributed by atoms with E-state index >= 15 is 0 Å². The third kappa shape index (κ3) is 3.85. The quantitative estimate of drug-likeness (QED) is 0.509. The largest absolute Gasteiger partial charge is 0.508 e. The van der Waals surface area contributed by atoms with Crippen molar-refractivity contribution in [3.05, 3.63) is 46.0 Å². The van der Waals surface area contributed by atoms with Crippen molar-refractivity contribution in [3.63, 3.8) is 0 Å². The molecular weight excluding hydrogens is 308 g/mol. The second-order valence-corrected chi connectivity index (χ2v) is 6.49. The van der Waals surface area contributed by atoms with Crippen molar-refractivity contribution in [3.8, 4) is 0 Å². The highest BCUT2D eigenvalue weighted by atomic mass is 16.3. The molecule has 1 unspecified atom stereocenters. The van der Waals surface area contributed by atoms with E-state index in [0.717, 1.165) is 11.1 Å². The fourth-order valence-corrected chi connectivity index (χ4v) is 2.41. The van der Waals surface area contributed by atoms with Gasteiger partial charge >= 0.3 is 0 Å². The van der Waals surface area contributed by atoms with Crippen LogP contribution >= 0.6 is 0 Å². The van der Waals surface area contributed by atoms with Crippen molar-refractivity contribution in [1.29, 1.82) is 0 Å². The first-order chi connectivity index (χ1) is 11.1. The SMILES string of the molecule is CCC(=O)C1=C(O)C(CC=C(C)C)=C(O)C(O)(CC=C(C)C)C1=O. The molecule has 1 rings (SSSR count). The average molecular weight is 334 g/mol. The number of aliphatic hydroxyl groups is 3. The van der Waals surface area contributed by atoms with Gasteiger partial charge in [-0.3, -0.25) is 9.59 Å². The Bertz CT molecular complexity index is 668. The molecule has 0 fully saturated rings. The smallest absolute Gasteiger partial charge is 0.209 e. The zero-order chi connectivity index (χ0) is 18.7. The summed E-state index contributed by atoms with van der Waals surface area (Å²) in [5.74, 6) is -2.64. The second-order valence-electron chi connectivity index (χ2n) is 6.49. The van der Waals surface area contributed by atoms with E-state index in [2.05, 4.69) is 0 Å². The molecule has 1 aliphatic carbocycles. The van der Waals surface area contributed by atoms with Crippen molar-refractivity contribution in [1.82, 2.24) is 0 Å². The number of carbonyl (C=O) groups excluding carboxylic acids is 2. The minimum atomic E-state index is -2.23. The number of hydrogen-bond acceptors (Lipinski definition) is 5. The number of rotatable bonds is 6. The molecule has 0 aliphatic heterocycles. The number of aliphatic hydroxyl groups excluding tert-OH is 2. The highest BCUT2D eigenvalue weighted by Gasteiger charge is 2.49. The third-order valence-electron chi connectivity index (χ3n) is 3.92. The van der Waals surface area contributed by atoms with Crippen molar-refractivity contribution < 1.29 is 24.9 Å². The van der Waals surface area contributed by atoms with E-state index in [9.17, 15) is 24.9 Å². The molecule has 5 heteroatoms. The Morgan fingerprint density at radius 3 is 2.08 bits per heavy atom. The number of hydrogen-bond donors (Lipinski definition) is 3. The maximum absolute atomic E-state index is 12.6. The topological polar surface area (TPSA) is 94.8 Å². The Hall–Kier alpha value is -2.14. The predicted molar refractivity (Wildman–Crippen MR) is 92.7 cm³/mol. The summed E-state index contributed by atoms with van der Waals surface area (Å²) >= 11 is 0. The van der Waals surface area contributed by atoms with E-state index in [1.807, 2.05) is 13.8 Å². The van der Waals surface area contributed by atoms with Crippen LogP contribution in [0.15, 0.2) is 46.0 Å². The Kier molecular flexibility index (Phi) is 6.32. The standard InChI is InChI=1S/C19H26O5/c1-6-14(20)15-16(21)13(8-7-11(2)3)17(22)19(24,18(15)23)10-9-12(4)5/h7,9,21-22,24H,6,8,10H2,1-5H3. The Morgan fingerprint density at radius 1 is 1.08 bits per heavy atom. The summed E-state index contributed by atoms with van der Waals surface area (Å²) < 4.78 is 0. The van der Waals surface area contributed by atoms with Gasteiger partial charge in [0.15, 0.2) is 11.4 Å². The van der Waals surface area contributed by atoms with E-state index in [4.69, 9.17) is 0 Å². The minimum absolute atomic E-state index is 0.0113. The number of Topliss-reactive ketones (excluding diaryl/α,β-unsaturated/α-hetero) is 2. The fraction of sp³-hybridized carbons (Fsp3) is 0.474. The maximum Gasteiger partial charge on any atom is 0.209 e. The normalized spacial score (nSPS) is 21.0. The number of allylic oxidation sites excluding steroid dienone is 4. The van der Waals surface area contributed by atoms with Gasteiger partial charge < -0.3 is 15.3 Å². The van der Waals surface area contributed by atoms with Crippen LogP contribution in [0.25, 0.3) is 0 Å². The first-order valence-electron chi connectivity index (χ1n) is 7.99. The van der Waals surface area contributed by atoms with Gasteiger partial charge in [-0.2, -0.15) is 0 Å². The van der Waals surface area contributed by atoms with Gasteiger partial charge in [0.25, 0.3) is 0 Å². The Morgan fingerprint density at radius 2 is 1.62 bits per heavy atom. The van der Waals surface area contributed by atoms with Crippen LogP contribution in [-0.2, 0) is 9.59 Å². The lowest BCUT2D eigenvalue weighted by Crippen LogP contribution is -2.46. The second kappa shape index (κ2) is 7.62. The molecule has 0 spiro atoms. The lowest BCUT2D eigenvalue weighted by Gasteiger charge is -2.32. The highest BCUT2D eigenvalue weighted by Crippen LogP contribution is 2.37. The van der Waals surface area contributed by atoms with Crippen LogP contribution in [0.3, 0.4) is 0 Å². The summed E-state index contributed by atoms with van der Waals surface area (Å²) in [6, 6.07) is 0. The minimum Gasteiger partial charge on any atom is -0.508 e. The molecule has 1 atom stereocenters. The van der Waals surface area contributed by atoms with Crippen LogP contribution < -0.4 is 0 Å². The van der Waals surface area contributed by atoms with Crippen molar-refractivity contribution in [2.75, 3.05) is 0 Å². The van der Waals surface area contributed by atoms with E-state index in [1.165, 1.54) is 0 Å². The van der Waals surface area contributed by atoms with Crippen LogP contribution in [0.1, 0.15) is 53.9 Å². The molecule has 0 aromatic rings. The summed E-state index contributed by atoms with van der Waals surface area (Å²) in [7, 11) is 0. The zero-order valence-corrected chi connectivity index (χ0v) is 14.9. The predicted octanol–water partition coefficient (Wildman–Crippen LogP) is 3.62. The first kappa shape index (κ1) is 19.9. The summed E-state index contributed by atoms with van der Waals surface area (Å²) in [6.45, 7) is 8.86. The van der Waals surface area contributed by atoms with Crippen molar-refractivity contribution in [2.24, 2.45) is 0 Å². The zero-order valence-electron chi connectivity index (χ0n) is 14.9. The van der Waals surface area contributed by atoms with E-state index in [-0.39, 0.29) is 24.8 Å². The van der Waals surface area contributed by atoms with E-state index in [1.54, 1.807) is 32.9 Å². The average Bonchev–Trinajstić information content (AvgIpc) is 2.50. The first-order valence-corrected chi connectivity index (χ1v) is 7.99. The van der Waals surface area contributed by atoms with Gasteiger partial charge in [-0.15, -0.1) is 0 Å². The molecule has 0 aromatic heterocycles. The van der Waals surface area contributed by atoms with Crippen LogP contribution in [-0.4, -0.2) is 32.5 Å². The molecule has 132 valence electrons. The summed E-state index contributed by atoms with van der Waals surface area (Å²) in [4.78, 5) is 24.8. The van der Waals surface area contributed by atoms with E-state index in [0.29, 0.717) is 0 Å². The lowest BCUT2D eigenvalue weighted by molar-refractivity contribution is -0.135. The number of carbonyl (C=O) groups is 2. The molecule has 24 heavy (non-hydrogen) atoms. The van der Waals surface area contributed by atoms with Crippen molar-refractivity contribution in [2.45, 2.75) is 59.5 Å². The van der Waals surface area contributed by atoms with Gasteiger partial charge in [0.1, 0.15) is 17.1 Å². The summed E-state index contributed by atoms with van der Waals surface area (Å²) in [5, 5.41) is 31.6. The molecule has 0 saturated carbocycles. The Labute approximate surface area is 142 Å². The molecular formula is C19H26O5. The molecule has 5 nitrogen and oxygen atoms in total. The van der Waals surface area contributed by atoms with Gasteiger partial charge in [-0.05, 0) is 34.1 Å². The number of ketones is 2. The summed E-state index contributed by atoms with van der Waals surface area (Å²) in [6.07, 6.45) is 3.33. The molecule has 0 saturated heterocycles. The van der Waals surface area contributed by atoms with Gasteiger partial charge in [0.2, 0.25) is 5.78 Å². The van der Waals surface area contributed by atoms with Crippen LogP contribution in [0.5, 0.6) is 0 Å². The van der Waals surface area contributed by atoms with Crippen LogP contribution in [0.2, 0.25) is 0 Å². The van der Waals surface area contributed by atoms with E-state index < -0.39 is 34.3 Å². The van der Waals surface area contributed by atoms with Gasteiger partial charge in [-0.1, -0.05) is 30.2 Å². The monoisotopic (exact) mass is 334 g/mol. The molecule has 0 heterocycles. The van der Waals surface area contributed by atoms with Crippen LogP contribution in [0, 0.1) is 0 Å². The molecule has 1 aliphatic rings. The molecule has 3 N–H and O–H groups in total. The Balaban J connectivity index is 3.58. The van der Waals surface area contributed by atoms with Gasteiger partial charge in [0.05, 0.1) is 0 Å². The highest BCUT2D eigenvalue weighted by molar-refractivity contribution is 6.25. The molecule has 0 aromatic carbocycles. The maximum atomic E-state index is 12.6. The summed E-state index contributed by atoms with van der Waals surface area (Å²) in [5.41, 5.74) is -0.850.